The molecule has 0 saturated heterocycles. The predicted molar refractivity (Wildman–Crippen MR) is 91.5 cm³/mol. The molecule has 18 heavy (non-hydrogen) atoms. The maximum Gasteiger partial charge on any atom is 0.00369 e. The monoisotopic (exact) mass is 290 g/mol. The van der Waals surface area contributed by atoms with E-state index in [0.29, 0.717) is 0 Å². The molecule has 0 aliphatic heterocycles. The summed E-state index contributed by atoms with van der Waals surface area (Å²) in [7, 11) is 4.19. The predicted octanol–water partition coefficient (Wildman–Crippen LogP) is 6.80. The summed E-state index contributed by atoms with van der Waals surface area (Å²) >= 11 is 0. The number of hydrogen-bond acceptors (Lipinski definition) is 2. The van der Waals surface area contributed by atoms with E-state index in [0.717, 1.165) is 11.8 Å². The van der Waals surface area contributed by atoms with Gasteiger partial charge < -0.3 is 0 Å². The van der Waals surface area contributed by atoms with Crippen LogP contribution in [0.3, 0.4) is 0 Å². The molecule has 0 bridgehead atoms. The summed E-state index contributed by atoms with van der Waals surface area (Å²) in [6.07, 6.45) is 11.4. The molecule has 0 saturated carbocycles. The van der Waals surface area contributed by atoms with Crippen LogP contribution in [-0.4, -0.2) is 11.5 Å². The van der Waals surface area contributed by atoms with Gasteiger partial charge in [0.05, 0.1) is 0 Å². The molecule has 0 aromatic rings. The van der Waals surface area contributed by atoms with Gasteiger partial charge >= 0.3 is 0 Å². The van der Waals surface area contributed by atoms with E-state index in [1.54, 1.807) is 0 Å². The molecule has 0 aliphatic carbocycles. The summed E-state index contributed by atoms with van der Waals surface area (Å²) in [6, 6.07) is 0. The van der Waals surface area contributed by atoms with E-state index in [4.69, 9.17) is 0 Å². The van der Waals surface area contributed by atoms with Crippen molar-refractivity contribution in [3.63, 3.8) is 0 Å². The van der Waals surface area contributed by atoms with E-state index < -0.39 is 0 Å². The van der Waals surface area contributed by atoms with Gasteiger partial charge in [-0.15, -0.1) is 0 Å². The molecule has 110 valence electrons. The maximum absolute atomic E-state index is 2.32. The van der Waals surface area contributed by atoms with Crippen LogP contribution in [0.2, 0.25) is 0 Å². The van der Waals surface area contributed by atoms with Gasteiger partial charge in [-0.2, -0.15) is 0 Å². The normalized spacial score (nSPS) is 11.7. The lowest BCUT2D eigenvalue weighted by Gasteiger charge is -2.05. The molecule has 0 heterocycles. The Morgan fingerprint density at radius 1 is 0.556 bits per heavy atom. The van der Waals surface area contributed by atoms with Gasteiger partial charge in [0.2, 0.25) is 0 Å². The van der Waals surface area contributed by atoms with Gasteiger partial charge in [-0.05, 0) is 24.7 Å². The molecule has 0 radical (unpaired) electrons. The highest BCUT2D eigenvalue weighted by atomic mass is 33.1. The Balaban J connectivity index is 2.95. The van der Waals surface area contributed by atoms with Crippen LogP contribution in [0.25, 0.3) is 0 Å². The van der Waals surface area contributed by atoms with Crippen LogP contribution in [0.15, 0.2) is 0 Å². The number of hydrogen-bond donors (Lipinski definition) is 0. The Morgan fingerprint density at radius 3 is 1.28 bits per heavy atom. The van der Waals surface area contributed by atoms with Crippen molar-refractivity contribution in [2.24, 2.45) is 11.8 Å². The van der Waals surface area contributed by atoms with Crippen LogP contribution in [0, 0.1) is 11.8 Å². The molecule has 0 rings (SSSR count). The summed E-state index contributed by atoms with van der Waals surface area (Å²) in [5.74, 6) is 4.49. The molecule has 0 amide bonds. The molecule has 0 spiro atoms. The van der Waals surface area contributed by atoms with E-state index in [1.807, 2.05) is 0 Å². The molecule has 0 unspecified atom stereocenters. The highest BCUT2D eigenvalue weighted by molar-refractivity contribution is 8.76. The summed E-state index contributed by atoms with van der Waals surface area (Å²) < 4.78 is 0. The first-order chi connectivity index (χ1) is 8.63. The molecule has 0 fully saturated rings. The van der Waals surface area contributed by atoms with Gasteiger partial charge in [-0.3, -0.25) is 0 Å². The standard InChI is InChI=1S/C16H34S2/c1-15(2)11-7-5-9-13-17-18-14-10-6-8-12-16(3)4/h15-16H,5-14H2,1-4H3. The third kappa shape index (κ3) is 16.7. The smallest absolute Gasteiger partial charge is 0.00369 e. The third-order valence-corrected chi connectivity index (χ3v) is 5.68. The Bertz CT molecular complexity index is 137. The van der Waals surface area contributed by atoms with Crippen molar-refractivity contribution in [1.82, 2.24) is 0 Å². The maximum atomic E-state index is 2.32. The molecule has 2 heteroatoms. The highest BCUT2D eigenvalue weighted by Crippen LogP contribution is 2.25. The second kappa shape index (κ2) is 14.1. The van der Waals surface area contributed by atoms with E-state index in [1.165, 1.54) is 62.9 Å². The second-order valence-electron chi connectivity index (χ2n) is 6.13. The molecular weight excluding hydrogens is 256 g/mol. The van der Waals surface area contributed by atoms with Crippen LogP contribution in [0.4, 0.5) is 0 Å². The first-order valence-corrected chi connectivity index (χ1v) is 10.4. The topological polar surface area (TPSA) is 0 Å². The first-order valence-electron chi connectivity index (χ1n) is 7.87. The quantitative estimate of drug-likeness (QED) is 0.270. The van der Waals surface area contributed by atoms with Crippen molar-refractivity contribution in [3.05, 3.63) is 0 Å². The van der Waals surface area contributed by atoms with E-state index in [9.17, 15) is 0 Å². The SMILES string of the molecule is CC(C)CCCCCSSCCCCCC(C)C. The molecule has 0 aromatic heterocycles. The van der Waals surface area contributed by atoms with Crippen LogP contribution in [-0.2, 0) is 0 Å². The lowest BCUT2D eigenvalue weighted by Crippen LogP contribution is -1.88. The van der Waals surface area contributed by atoms with Crippen molar-refractivity contribution in [2.75, 3.05) is 11.5 Å². The van der Waals surface area contributed by atoms with Crippen molar-refractivity contribution >= 4 is 21.6 Å². The molecular formula is C16H34S2. The van der Waals surface area contributed by atoms with Gasteiger partial charge in [0.1, 0.15) is 0 Å². The first kappa shape index (κ1) is 18.7. The fourth-order valence-corrected chi connectivity index (χ4v) is 4.19. The Labute approximate surface area is 124 Å². The van der Waals surface area contributed by atoms with Crippen LogP contribution in [0.1, 0.15) is 79.1 Å². The van der Waals surface area contributed by atoms with Gasteiger partial charge in [-0.1, -0.05) is 87.8 Å². The van der Waals surface area contributed by atoms with Crippen molar-refractivity contribution in [2.45, 2.75) is 79.1 Å². The zero-order chi connectivity index (χ0) is 13.6. The molecule has 0 N–H and O–H groups in total. The lowest BCUT2D eigenvalue weighted by atomic mass is 10.1. The van der Waals surface area contributed by atoms with Crippen molar-refractivity contribution < 1.29 is 0 Å². The zero-order valence-corrected chi connectivity index (χ0v) is 14.7. The van der Waals surface area contributed by atoms with E-state index in [-0.39, 0.29) is 0 Å². The summed E-state index contributed by atoms with van der Waals surface area (Å²) in [4.78, 5) is 0. The van der Waals surface area contributed by atoms with E-state index >= 15 is 0 Å². The molecule has 0 atom stereocenters. The Morgan fingerprint density at radius 2 is 0.944 bits per heavy atom. The Kier molecular flexibility index (Phi) is 14.7. The average Bonchev–Trinajstić information content (AvgIpc) is 2.29. The fraction of sp³-hybridized carbons (Fsp3) is 1.00. The number of unbranched alkanes of at least 4 members (excludes halogenated alkanes) is 4. The Hall–Kier alpha value is 0.700. The summed E-state index contributed by atoms with van der Waals surface area (Å²) in [5.41, 5.74) is 0. The number of rotatable bonds is 13. The highest BCUT2D eigenvalue weighted by Gasteiger charge is 1.97. The van der Waals surface area contributed by atoms with Gasteiger partial charge in [-0.25, -0.2) is 0 Å². The van der Waals surface area contributed by atoms with Gasteiger partial charge in [0.25, 0.3) is 0 Å². The van der Waals surface area contributed by atoms with Crippen LogP contribution < -0.4 is 0 Å². The lowest BCUT2D eigenvalue weighted by molar-refractivity contribution is 0.535. The molecule has 0 nitrogen and oxygen atoms in total. The fourth-order valence-electron chi connectivity index (χ4n) is 1.90. The van der Waals surface area contributed by atoms with Gasteiger partial charge in [0.15, 0.2) is 0 Å². The van der Waals surface area contributed by atoms with E-state index in [2.05, 4.69) is 49.3 Å². The van der Waals surface area contributed by atoms with Gasteiger partial charge in [0, 0.05) is 11.5 Å². The minimum Gasteiger partial charge on any atom is -0.0942 e. The molecule has 0 aliphatic rings. The minimum atomic E-state index is 0.887. The third-order valence-electron chi connectivity index (χ3n) is 3.10. The average molecular weight is 291 g/mol. The van der Waals surface area contributed by atoms with Crippen molar-refractivity contribution in [3.8, 4) is 0 Å². The summed E-state index contributed by atoms with van der Waals surface area (Å²) in [5, 5.41) is 0. The largest absolute Gasteiger partial charge is 0.0942 e. The van der Waals surface area contributed by atoms with Crippen LogP contribution >= 0.6 is 21.6 Å². The van der Waals surface area contributed by atoms with Crippen molar-refractivity contribution in [1.29, 1.82) is 0 Å². The molecule has 0 aromatic carbocycles. The minimum absolute atomic E-state index is 0.887. The zero-order valence-electron chi connectivity index (χ0n) is 13.0. The van der Waals surface area contributed by atoms with Crippen LogP contribution in [0.5, 0.6) is 0 Å². The second-order valence-corrected chi connectivity index (χ2v) is 8.83. The summed E-state index contributed by atoms with van der Waals surface area (Å²) in [6.45, 7) is 9.29.